The minimum atomic E-state index is -4.13. The van der Waals surface area contributed by atoms with Crippen molar-refractivity contribution in [1.82, 2.24) is 4.98 Å². The number of hydrogen-bond donors (Lipinski definition) is 1. The van der Waals surface area contributed by atoms with Gasteiger partial charge in [-0.25, -0.2) is 12.8 Å². The van der Waals surface area contributed by atoms with Crippen molar-refractivity contribution in [2.45, 2.75) is 9.79 Å². The van der Waals surface area contributed by atoms with Gasteiger partial charge in [-0.2, -0.15) is 0 Å². The Morgan fingerprint density at radius 2 is 1.76 bits per heavy atom. The fourth-order valence-electron chi connectivity index (χ4n) is 2.51. The number of rotatable bonds is 4. The minimum Gasteiger partial charge on any atom is -0.493 e. The Morgan fingerprint density at radius 1 is 1.04 bits per heavy atom. The van der Waals surface area contributed by atoms with Crippen molar-refractivity contribution in [3.05, 3.63) is 58.6 Å². The van der Waals surface area contributed by atoms with Gasteiger partial charge in [0.15, 0.2) is 11.5 Å². The molecule has 3 rings (SSSR count). The van der Waals surface area contributed by atoms with Gasteiger partial charge in [0, 0.05) is 17.6 Å². The summed E-state index contributed by atoms with van der Waals surface area (Å²) in [6, 6.07) is 7.90. The summed E-state index contributed by atoms with van der Waals surface area (Å²) >= 11 is 0. The predicted molar refractivity (Wildman–Crippen MR) is 89.5 cm³/mol. The van der Waals surface area contributed by atoms with Gasteiger partial charge < -0.3 is 14.5 Å². The maximum absolute atomic E-state index is 13.7. The van der Waals surface area contributed by atoms with E-state index in [2.05, 4.69) is 4.98 Å². The van der Waals surface area contributed by atoms with Crippen LogP contribution in [0.1, 0.15) is 0 Å². The number of hydrogen-bond acceptors (Lipinski definition) is 5. The lowest BCUT2D eigenvalue weighted by Crippen LogP contribution is -2.16. The number of nitrogens with one attached hydrogen (secondary N) is 1. The number of ether oxygens (including phenoxy) is 2. The average Bonchev–Trinajstić information content (AvgIpc) is 2.61. The Labute approximate surface area is 142 Å². The summed E-state index contributed by atoms with van der Waals surface area (Å²) in [5.41, 5.74) is -0.818. The summed E-state index contributed by atoms with van der Waals surface area (Å²) in [5.74, 6) is -0.0626. The second-order valence-electron chi connectivity index (χ2n) is 5.16. The highest BCUT2D eigenvalue weighted by Crippen LogP contribution is 2.31. The van der Waals surface area contributed by atoms with E-state index in [1.54, 1.807) is 0 Å². The first-order chi connectivity index (χ1) is 11.9. The van der Waals surface area contributed by atoms with Crippen LogP contribution < -0.4 is 14.9 Å². The number of aromatic amines is 1. The Bertz CT molecular complexity index is 1120. The Kier molecular flexibility index (Phi) is 4.22. The number of H-pyrrole nitrogens is 1. The molecule has 0 aliphatic heterocycles. The van der Waals surface area contributed by atoms with E-state index in [9.17, 15) is 17.6 Å². The molecule has 0 bridgehead atoms. The summed E-state index contributed by atoms with van der Waals surface area (Å²) in [6.07, 6.45) is 1.000. The van der Waals surface area contributed by atoms with Crippen LogP contribution in [-0.4, -0.2) is 27.6 Å². The van der Waals surface area contributed by atoms with Gasteiger partial charge >= 0.3 is 0 Å². The first-order valence-corrected chi connectivity index (χ1v) is 8.65. The van der Waals surface area contributed by atoms with Crippen molar-refractivity contribution in [2.75, 3.05) is 14.2 Å². The molecule has 0 radical (unpaired) electrons. The molecule has 1 aromatic heterocycles. The molecule has 6 nitrogen and oxygen atoms in total. The summed E-state index contributed by atoms with van der Waals surface area (Å²) in [6.45, 7) is 0. The van der Waals surface area contributed by atoms with Gasteiger partial charge in [-0.15, -0.1) is 0 Å². The van der Waals surface area contributed by atoms with Crippen LogP contribution in [0.25, 0.3) is 10.9 Å². The Hall–Kier alpha value is -2.87. The fraction of sp³-hybridized carbons (Fsp3) is 0.118. The lowest BCUT2D eigenvalue weighted by Gasteiger charge is -2.10. The van der Waals surface area contributed by atoms with Gasteiger partial charge in [-0.1, -0.05) is 6.07 Å². The molecular weight excluding hydrogens is 349 g/mol. The monoisotopic (exact) mass is 363 g/mol. The second-order valence-corrected chi connectivity index (χ2v) is 7.08. The van der Waals surface area contributed by atoms with Gasteiger partial charge in [-0.05, 0) is 24.3 Å². The standard InChI is InChI=1S/C17H14FNO5S/c1-23-13-7-6-10(8-14(13)24-2)25(21,22)15-9-19-16-11(17(15)20)4-3-5-12(16)18/h3-9H,1-2H3,(H,19,20). The largest absolute Gasteiger partial charge is 0.493 e. The first-order valence-electron chi connectivity index (χ1n) is 7.17. The molecule has 0 aliphatic carbocycles. The smallest absolute Gasteiger partial charge is 0.212 e. The molecule has 0 spiro atoms. The maximum Gasteiger partial charge on any atom is 0.212 e. The SMILES string of the molecule is COc1ccc(S(=O)(=O)c2c[nH]c3c(F)cccc3c2=O)cc1OC. The van der Waals surface area contributed by atoms with Gasteiger partial charge in [0.2, 0.25) is 15.3 Å². The highest BCUT2D eigenvalue weighted by atomic mass is 32.2. The molecule has 0 unspecified atom stereocenters. The van der Waals surface area contributed by atoms with E-state index in [4.69, 9.17) is 9.47 Å². The van der Waals surface area contributed by atoms with Crippen LogP contribution in [0.5, 0.6) is 11.5 Å². The van der Waals surface area contributed by atoms with Crippen LogP contribution in [-0.2, 0) is 9.84 Å². The number of halogens is 1. The summed E-state index contributed by atoms with van der Waals surface area (Å²) in [4.78, 5) is 14.5. The first kappa shape index (κ1) is 17.0. The van der Waals surface area contributed by atoms with Crippen LogP contribution in [0.15, 0.2) is 57.2 Å². The van der Waals surface area contributed by atoms with Gasteiger partial charge in [0.25, 0.3) is 0 Å². The average molecular weight is 363 g/mol. The van der Waals surface area contributed by atoms with Crippen LogP contribution in [0.3, 0.4) is 0 Å². The van der Waals surface area contributed by atoms with E-state index in [0.717, 1.165) is 6.20 Å². The number of pyridine rings is 1. The van der Waals surface area contributed by atoms with E-state index < -0.39 is 26.0 Å². The van der Waals surface area contributed by atoms with Gasteiger partial charge in [0.1, 0.15) is 10.7 Å². The van der Waals surface area contributed by atoms with Crippen molar-refractivity contribution < 1.29 is 22.3 Å². The maximum atomic E-state index is 13.7. The molecule has 0 fully saturated rings. The zero-order valence-electron chi connectivity index (χ0n) is 13.4. The molecule has 130 valence electrons. The van der Waals surface area contributed by atoms with Crippen molar-refractivity contribution in [3.8, 4) is 11.5 Å². The summed E-state index contributed by atoms with van der Waals surface area (Å²) in [7, 11) is -1.33. The van der Waals surface area contributed by atoms with E-state index in [1.165, 1.54) is 50.6 Å². The predicted octanol–water partition coefficient (Wildman–Crippen LogP) is 2.52. The molecule has 0 saturated heterocycles. The molecule has 0 aliphatic rings. The van der Waals surface area contributed by atoms with Crippen molar-refractivity contribution >= 4 is 20.7 Å². The molecule has 2 aromatic carbocycles. The number of fused-ring (bicyclic) bond motifs is 1. The van der Waals surface area contributed by atoms with E-state index in [1.807, 2.05) is 0 Å². The molecule has 25 heavy (non-hydrogen) atoms. The summed E-state index contributed by atoms with van der Waals surface area (Å²) in [5, 5.41) is -0.0402. The quantitative estimate of drug-likeness (QED) is 0.770. The Balaban J connectivity index is 2.23. The topological polar surface area (TPSA) is 85.5 Å². The molecular formula is C17H14FNO5S. The zero-order valence-corrected chi connectivity index (χ0v) is 14.2. The Morgan fingerprint density at radius 3 is 2.44 bits per heavy atom. The van der Waals surface area contributed by atoms with Crippen molar-refractivity contribution in [2.24, 2.45) is 0 Å². The molecule has 0 amide bonds. The van der Waals surface area contributed by atoms with E-state index in [0.29, 0.717) is 5.75 Å². The molecule has 0 saturated carbocycles. The van der Waals surface area contributed by atoms with Crippen LogP contribution >= 0.6 is 0 Å². The molecule has 3 aromatic rings. The lowest BCUT2D eigenvalue weighted by molar-refractivity contribution is 0.354. The van der Waals surface area contributed by atoms with E-state index in [-0.39, 0.29) is 21.5 Å². The molecule has 1 N–H and O–H groups in total. The van der Waals surface area contributed by atoms with Crippen LogP contribution in [0, 0.1) is 5.82 Å². The second kappa shape index (κ2) is 6.21. The van der Waals surface area contributed by atoms with Crippen molar-refractivity contribution in [3.63, 3.8) is 0 Å². The highest BCUT2D eigenvalue weighted by molar-refractivity contribution is 7.91. The number of benzene rings is 2. The lowest BCUT2D eigenvalue weighted by atomic mass is 10.2. The molecule has 8 heteroatoms. The van der Waals surface area contributed by atoms with Crippen LogP contribution in [0.4, 0.5) is 4.39 Å². The van der Waals surface area contributed by atoms with Gasteiger partial charge in [-0.3, -0.25) is 4.79 Å². The number of para-hydroxylation sites is 1. The van der Waals surface area contributed by atoms with Crippen molar-refractivity contribution in [1.29, 1.82) is 0 Å². The third-order valence-corrected chi connectivity index (χ3v) is 5.54. The fourth-order valence-corrected chi connectivity index (χ4v) is 3.84. The third-order valence-electron chi connectivity index (χ3n) is 3.78. The number of methoxy groups -OCH3 is 2. The molecule has 1 heterocycles. The van der Waals surface area contributed by atoms with E-state index >= 15 is 0 Å². The highest BCUT2D eigenvalue weighted by Gasteiger charge is 2.24. The molecule has 0 atom stereocenters. The third kappa shape index (κ3) is 2.74. The number of aromatic nitrogens is 1. The van der Waals surface area contributed by atoms with Gasteiger partial charge in [0.05, 0.1) is 24.6 Å². The zero-order chi connectivity index (χ0) is 18.2. The summed E-state index contributed by atoms with van der Waals surface area (Å²) < 4.78 is 49.6. The van der Waals surface area contributed by atoms with Crippen LogP contribution in [0.2, 0.25) is 0 Å². The normalized spacial score (nSPS) is 11.5. The number of sulfone groups is 1. The minimum absolute atomic E-state index is 0.0402.